The van der Waals surface area contributed by atoms with Crippen LogP contribution in [-0.4, -0.2) is 35.1 Å². The van der Waals surface area contributed by atoms with Gasteiger partial charge >= 0.3 is 0 Å². The van der Waals surface area contributed by atoms with E-state index in [1.165, 1.54) is 0 Å². The van der Waals surface area contributed by atoms with E-state index in [0.29, 0.717) is 24.6 Å². The average Bonchev–Trinajstić information content (AvgIpc) is 2.83. The van der Waals surface area contributed by atoms with Crippen molar-refractivity contribution in [1.82, 2.24) is 15.1 Å². The third-order valence-corrected chi connectivity index (χ3v) is 3.60. The Morgan fingerprint density at radius 2 is 2.40 bits per heavy atom. The van der Waals surface area contributed by atoms with Crippen molar-refractivity contribution in [3.05, 3.63) is 11.9 Å². The fourth-order valence-electron chi connectivity index (χ4n) is 2.41. The van der Waals surface area contributed by atoms with Gasteiger partial charge in [-0.2, -0.15) is 5.10 Å². The Morgan fingerprint density at radius 1 is 1.55 bits per heavy atom. The van der Waals surface area contributed by atoms with Crippen LogP contribution in [0.4, 0.5) is 5.69 Å². The Labute approximate surface area is 118 Å². The van der Waals surface area contributed by atoms with E-state index in [2.05, 4.69) is 22.7 Å². The first-order chi connectivity index (χ1) is 9.72. The van der Waals surface area contributed by atoms with Crippen molar-refractivity contribution < 1.29 is 9.59 Å². The maximum Gasteiger partial charge on any atom is 0.271 e. The Morgan fingerprint density at radius 3 is 3.20 bits per heavy atom. The van der Waals surface area contributed by atoms with Crippen LogP contribution in [0.3, 0.4) is 0 Å². The minimum Gasteiger partial charge on any atom is -0.382 e. The Balaban J connectivity index is 1.74. The molecule has 20 heavy (non-hydrogen) atoms. The van der Waals surface area contributed by atoms with E-state index in [9.17, 15) is 9.59 Å². The lowest BCUT2D eigenvalue weighted by molar-refractivity contribution is -0.108. The molecule has 0 saturated heterocycles. The Bertz CT molecular complexity index is 470. The van der Waals surface area contributed by atoms with Crippen LogP contribution in [0.25, 0.3) is 0 Å². The quantitative estimate of drug-likeness (QED) is 0.557. The highest BCUT2D eigenvalue weighted by atomic mass is 16.2. The third-order valence-electron chi connectivity index (χ3n) is 3.60. The minimum absolute atomic E-state index is 0.0594. The summed E-state index contributed by atoms with van der Waals surface area (Å²) < 4.78 is 1.74. The number of nitrogens with zero attached hydrogens (tertiary/aromatic N) is 2. The predicted octanol–water partition coefficient (Wildman–Crippen LogP) is 1.43. The molecule has 2 rings (SSSR count). The third kappa shape index (κ3) is 3.59. The van der Waals surface area contributed by atoms with Crippen molar-refractivity contribution in [2.24, 2.45) is 5.92 Å². The lowest BCUT2D eigenvalue weighted by Crippen LogP contribution is -2.36. The lowest BCUT2D eigenvalue weighted by Gasteiger charge is -2.16. The Kier molecular flexibility index (Phi) is 5.15. The number of amides is 1. The SMILES string of the molecule is CC(CC=O)CCCCNc1cnn2c1C(=O)NCC2. The average molecular weight is 278 g/mol. The number of carbonyl (C=O) groups excluding carboxylic acids is 2. The highest BCUT2D eigenvalue weighted by Gasteiger charge is 2.21. The highest BCUT2D eigenvalue weighted by molar-refractivity contribution is 5.98. The summed E-state index contributed by atoms with van der Waals surface area (Å²) in [7, 11) is 0. The second-order valence-electron chi connectivity index (χ2n) is 5.32. The van der Waals surface area contributed by atoms with Crippen LogP contribution in [0.5, 0.6) is 0 Å². The second-order valence-corrected chi connectivity index (χ2v) is 5.32. The van der Waals surface area contributed by atoms with Gasteiger partial charge in [-0.25, -0.2) is 0 Å². The standard InChI is InChI=1S/C14H22N4O2/c1-11(5-9-19)4-2-3-6-15-12-10-17-18-8-7-16-14(20)13(12)18/h9-11,15H,2-8H2,1H3,(H,16,20). The fraction of sp³-hybridized carbons (Fsp3) is 0.643. The largest absolute Gasteiger partial charge is 0.382 e. The van der Waals surface area contributed by atoms with Gasteiger partial charge < -0.3 is 15.4 Å². The molecule has 1 atom stereocenters. The predicted molar refractivity (Wildman–Crippen MR) is 76.7 cm³/mol. The highest BCUT2D eigenvalue weighted by Crippen LogP contribution is 2.17. The molecule has 0 saturated carbocycles. The van der Waals surface area contributed by atoms with E-state index >= 15 is 0 Å². The van der Waals surface area contributed by atoms with Gasteiger partial charge in [-0.05, 0) is 12.3 Å². The molecule has 110 valence electrons. The molecule has 1 aliphatic rings. The summed E-state index contributed by atoms with van der Waals surface area (Å²) in [4.78, 5) is 22.1. The summed E-state index contributed by atoms with van der Waals surface area (Å²) in [6.45, 7) is 4.29. The molecule has 6 heteroatoms. The molecule has 0 spiro atoms. The van der Waals surface area contributed by atoms with Crippen molar-refractivity contribution in [1.29, 1.82) is 0 Å². The van der Waals surface area contributed by atoms with Gasteiger partial charge in [0.2, 0.25) is 0 Å². The van der Waals surface area contributed by atoms with Gasteiger partial charge in [-0.3, -0.25) is 9.48 Å². The molecule has 1 aromatic rings. The number of aromatic nitrogens is 2. The molecule has 6 nitrogen and oxygen atoms in total. The monoisotopic (exact) mass is 278 g/mol. The molecule has 0 bridgehead atoms. The lowest BCUT2D eigenvalue weighted by atomic mass is 10.0. The van der Waals surface area contributed by atoms with E-state index in [4.69, 9.17) is 0 Å². The molecular formula is C14H22N4O2. The zero-order valence-corrected chi connectivity index (χ0v) is 11.9. The molecule has 1 aromatic heterocycles. The summed E-state index contributed by atoms with van der Waals surface area (Å²) in [6.07, 6.45) is 6.51. The van der Waals surface area contributed by atoms with Crippen LogP contribution in [0.2, 0.25) is 0 Å². The number of aldehydes is 1. The topological polar surface area (TPSA) is 76.0 Å². The van der Waals surface area contributed by atoms with Gasteiger partial charge in [-0.15, -0.1) is 0 Å². The number of hydrogen-bond acceptors (Lipinski definition) is 4. The maximum absolute atomic E-state index is 11.8. The molecular weight excluding hydrogens is 256 g/mol. The van der Waals surface area contributed by atoms with Crippen LogP contribution in [0, 0.1) is 5.92 Å². The van der Waals surface area contributed by atoms with Crippen LogP contribution in [0.1, 0.15) is 43.1 Å². The molecule has 1 unspecified atom stereocenters. The number of rotatable bonds is 8. The van der Waals surface area contributed by atoms with E-state index in [1.807, 2.05) is 0 Å². The van der Waals surface area contributed by atoms with E-state index in [-0.39, 0.29) is 5.91 Å². The minimum atomic E-state index is -0.0594. The van der Waals surface area contributed by atoms with E-state index in [1.54, 1.807) is 10.9 Å². The van der Waals surface area contributed by atoms with Gasteiger partial charge in [0.25, 0.3) is 5.91 Å². The molecule has 0 aromatic carbocycles. The molecule has 2 N–H and O–H groups in total. The summed E-state index contributed by atoms with van der Waals surface area (Å²) in [6, 6.07) is 0. The van der Waals surface area contributed by atoms with Crippen molar-refractivity contribution in [3.63, 3.8) is 0 Å². The van der Waals surface area contributed by atoms with Gasteiger partial charge in [-0.1, -0.05) is 19.8 Å². The second kappa shape index (κ2) is 7.07. The van der Waals surface area contributed by atoms with Crippen LogP contribution in [-0.2, 0) is 11.3 Å². The molecule has 2 heterocycles. The normalized spacial score (nSPS) is 15.3. The van der Waals surface area contributed by atoms with Crippen LogP contribution >= 0.6 is 0 Å². The van der Waals surface area contributed by atoms with Crippen LogP contribution < -0.4 is 10.6 Å². The van der Waals surface area contributed by atoms with Crippen molar-refractivity contribution >= 4 is 17.9 Å². The smallest absolute Gasteiger partial charge is 0.271 e. The molecule has 0 aliphatic carbocycles. The number of anilines is 1. The zero-order valence-electron chi connectivity index (χ0n) is 11.9. The van der Waals surface area contributed by atoms with Gasteiger partial charge in [0, 0.05) is 19.5 Å². The molecule has 0 radical (unpaired) electrons. The van der Waals surface area contributed by atoms with E-state index in [0.717, 1.165) is 44.3 Å². The Hall–Kier alpha value is -1.85. The fourth-order valence-corrected chi connectivity index (χ4v) is 2.41. The summed E-state index contributed by atoms with van der Waals surface area (Å²) in [5, 5.41) is 10.3. The van der Waals surface area contributed by atoms with Gasteiger partial charge in [0.15, 0.2) is 0 Å². The summed E-state index contributed by atoms with van der Waals surface area (Å²) in [5.74, 6) is 0.401. The van der Waals surface area contributed by atoms with Crippen LogP contribution in [0.15, 0.2) is 6.20 Å². The van der Waals surface area contributed by atoms with E-state index < -0.39 is 0 Å². The maximum atomic E-state index is 11.8. The first-order valence-electron chi connectivity index (χ1n) is 7.24. The van der Waals surface area contributed by atoms with Gasteiger partial charge in [0.1, 0.15) is 12.0 Å². The number of hydrogen-bond donors (Lipinski definition) is 2. The molecule has 1 aliphatic heterocycles. The van der Waals surface area contributed by atoms with Crippen molar-refractivity contribution in [2.45, 2.75) is 39.2 Å². The molecule has 1 amide bonds. The number of unbranched alkanes of at least 4 members (excludes halogenated alkanes) is 1. The first kappa shape index (κ1) is 14.6. The molecule has 0 fully saturated rings. The number of carbonyl (C=O) groups is 2. The summed E-state index contributed by atoms with van der Waals surface area (Å²) in [5.41, 5.74) is 1.44. The first-order valence-corrected chi connectivity index (χ1v) is 7.24. The summed E-state index contributed by atoms with van der Waals surface area (Å²) >= 11 is 0. The van der Waals surface area contributed by atoms with Crippen molar-refractivity contribution in [2.75, 3.05) is 18.4 Å². The number of nitrogens with one attached hydrogen (secondary N) is 2. The number of fused-ring (bicyclic) bond motifs is 1. The van der Waals surface area contributed by atoms with Crippen molar-refractivity contribution in [3.8, 4) is 0 Å². The van der Waals surface area contributed by atoms with Gasteiger partial charge in [0.05, 0.1) is 18.4 Å². The zero-order chi connectivity index (χ0) is 14.4.